The van der Waals surface area contributed by atoms with E-state index < -0.39 is 0 Å². The fraction of sp³-hybridized carbons (Fsp3) is 0.529. The van der Waals surface area contributed by atoms with E-state index >= 15 is 0 Å². The fourth-order valence-corrected chi connectivity index (χ4v) is 2.17. The van der Waals surface area contributed by atoms with Gasteiger partial charge in [0.1, 0.15) is 0 Å². The number of hydrogen-bond acceptors (Lipinski definition) is 5. The lowest BCUT2D eigenvalue weighted by Crippen LogP contribution is -2.40. The van der Waals surface area contributed by atoms with Gasteiger partial charge in [0.2, 0.25) is 11.8 Å². The van der Waals surface area contributed by atoms with Crippen LogP contribution in [-0.2, 0) is 20.9 Å². The van der Waals surface area contributed by atoms with Gasteiger partial charge >= 0.3 is 0 Å². The molecule has 24 heavy (non-hydrogen) atoms. The van der Waals surface area contributed by atoms with Crippen molar-refractivity contribution in [2.75, 3.05) is 41.0 Å². The van der Waals surface area contributed by atoms with E-state index in [1.54, 1.807) is 33.5 Å². The van der Waals surface area contributed by atoms with Crippen molar-refractivity contribution >= 4 is 11.8 Å². The van der Waals surface area contributed by atoms with Crippen LogP contribution in [0.1, 0.15) is 18.9 Å². The van der Waals surface area contributed by atoms with E-state index in [1.807, 2.05) is 6.07 Å². The van der Waals surface area contributed by atoms with Crippen LogP contribution in [0.4, 0.5) is 0 Å². The molecule has 0 aliphatic rings. The summed E-state index contributed by atoms with van der Waals surface area (Å²) in [7, 11) is 4.73. The van der Waals surface area contributed by atoms with Crippen LogP contribution < -0.4 is 14.8 Å². The smallest absolute Gasteiger partial charge is 0.239 e. The second kappa shape index (κ2) is 10.5. The SMILES string of the molecule is COCCCN(CC(=O)NCc1ccc(OC)c(OC)c1)C(C)=O. The molecule has 0 spiro atoms. The van der Waals surface area contributed by atoms with E-state index in [2.05, 4.69) is 5.32 Å². The molecule has 0 saturated heterocycles. The van der Waals surface area contributed by atoms with E-state index in [-0.39, 0.29) is 18.4 Å². The van der Waals surface area contributed by atoms with Crippen molar-refractivity contribution < 1.29 is 23.8 Å². The minimum Gasteiger partial charge on any atom is -0.493 e. The molecule has 0 fully saturated rings. The Labute approximate surface area is 142 Å². The molecular weight excluding hydrogens is 312 g/mol. The quantitative estimate of drug-likeness (QED) is 0.649. The van der Waals surface area contributed by atoms with E-state index in [9.17, 15) is 9.59 Å². The van der Waals surface area contributed by atoms with Gasteiger partial charge in [-0.25, -0.2) is 0 Å². The number of hydrogen-bond donors (Lipinski definition) is 1. The molecule has 0 radical (unpaired) electrons. The Hall–Kier alpha value is -2.28. The van der Waals surface area contributed by atoms with Crippen LogP contribution in [0.5, 0.6) is 11.5 Å². The summed E-state index contributed by atoms with van der Waals surface area (Å²) in [6, 6.07) is 5.44. The number of carbonyl (C=O) groups excluding carboxylic acids is 2. The highest BCUT2D eigenvalue weighted by atomic mass is 16.5. The first-order valence-corrected chi connectivity index (χ1v) is 7.73. The zero-order valence-electron chi connectivity index (χ0n) is 14.8. The molecule has 2 amide bonds. The van der Waals surface area contributed by atoms with Crippen molar-refractivity contribution in [2.45, 2.75) is 19.9 Å². The first-order chi connectivity index (χ1) is 11.5. The summed E-state index contributed by atoms with van der Waals surface area (Å²) in [5.41, 5.74) is 0.884. The maximum Gasteiger partial charge on any atom is 0.239 e. The lowest BCUT2D eigenvalue weighted by atomic mass is 10.2. The third kappa shape index (κ3) is 6.45. The number of carbonyl (C=O) groups is 2. The predicted octanol–water partition coefficient (Wildman–Crippen LogP) is 1.20. The molecule has 0 heterocycles. The zero-order valence-corrected chi connectivity index (χ0v) is 14.8. The molecule has 134 valence electrons. The number of benzene rings is 1. The number of rotatable bonds is 10. The highest BCUT2D eigenvalue weighted by Gasteiger charge is 2.13. The third-order valence-corrected chi connectivity index (χ3v) is 3.49. The number of amides is 2. The molecule has 0 aromatic heterocycles. The largest absolute Gasteiger partial charge is 0.493 e. The summed E-state index contributed by atoms with van der Waals surface area (Å²) in [5, 5.41) is 2.80. The van der Waals surface area contributed by atoms with Crippen LogP contribution in [0, 0.1) is 0 Å². The van der Waals surface area contributed by atoms with Crippen LogP contribution in [0.2, 0.25) is 0 Å². The molecule has 0 bridgehead atoms. The normalized spacial score (nSPS) is 10.2. The van der Waals surface area contributed by atoms with Crippen LogP contribution in [-0.4, -0.2) is 57.7 Å². The molecule has 0 unspecified atom stereocenters. The van der Waals surface area contributed by atoms with Gasteiger partial charge in [0.15, 0.2) is 11.5 Å². The highest BCUT2D eigenvalue weighted by molar-refractivity contribution is 5.83. The van der Waals surface area contributed by atoms with Crippen LogP contribution in [0.25, 0.3) is 0 Å². The molecule has 7 nitrogen and oxygen atoms in total. The zero-order chi connectivity index (χ0) is 17.9. The Morgan fingerprint density at radius 2 is 1.83 bits per heavy atom. The van der Waals surface area contributed by atoms with Crippen molar-refractivity contribution in [3.8, 4) is 11.5 Å². The lowest BCUT2D eigenvalue weighted by Gasteiger charge is -2.20. The molecule has 1 aromatic rings. The molecule has 0 aliphatic heterocycles. The van der Waals surface area contributed by atoms with Gasteiger partial charge in [-0.15, -0.1) is 0 Å². The Balaban J connectivity index is 2.53. The minimum atomic E-state index is -0.211. The molecule has 1 aromatic carbocycles. The average Bonchev–Trinajstić information content (AvgIpc) is 2.58. The van der Waals surface area contributed by atoms with Gasteiger partial charge in [-0.2, -0.15) is 0 Å². The van der Waals surface area contributed by atoms with Crippen molar-refractivity contribution in [1.82, 2.24) is 10.2 Å². The van der Waals surface area contributed by atoms with Gasteiger partial charge in [-0.3, -0.25) is 9.59 Å². The Morgan fingerprint density at radius 3 is 2.42 bits per heavy atom. The Bertz CT molecular complexity index is 548. The Kier molecular flexibility index (Phi) is 8.64. The van der Waals surface area contributed by atoms with Crippen molar-refractivity contribution in [1.29, 1.82) is 0 Å². The third-order valence-electron chi connectivity index (χ3n) is 3.49. The predicted molar refractivity (Wildman–Crippen MR) is 90.1 cm³/mol. The van der Waals surface area contributed by atoms with Crippen LogP contribution in [0.3, 0.4) is 0 Å². The van der Waals surface area contributed by atoms with Gasteiger partial charge in [-0.05, 0) is 24.1 Å². The number of methoxy groups -OCH3 is 3. The first kappa shape index (κ1) is 19.8. The molecule has 1 N–H and O–H groups in total. The van der Waals surface area contributed by atoms with Crippen LogP contribution >= 0.6 is 0 Å². The van der Waals surface area contributed by atoms with Gasteiger partial charge in [0, 0.05) is 33.7 Å². The summed E-state index contributed by atoms with van der Waals surface area (Å²) in [4.78, 5) is 25.1. The summed E-state index contributed by atoms with van der Waals surface area (Å²) < 4.78 is 15.4. The summed E-state index contributed by atoms with van der Waals surface area (Å²) in [6.45, 7) is 2.88. The Morgan fingerprint density at radius 1 is 1.12 bits per heavy atom. The number of ether oxygens (including phenoxy) is 3. The van der Waals surface area contributed by atoms with Crippen LogP contribution in [0.15, 0.2) is 18.2 Å². The second-order valence-electron chi connectivity index (χ2n) is 5.25. The van der Waals surface area contributed by atoms with E-state index in [1.165, 1.54) is 11.8 Å². The first-order valence-electron chi connectivity index (χ1n) is 7.73. The van der Waals surface area contributed by atoms with E-state index in [0.717, 1.165) is 5.56 Å². The summed E-state index contributed by atoms with van der Waals surface area (Å²) in [5.74, 6) is 0.896. The molecule has 7 heteroatoms. The van der Waals surface area contributed by atoms with Gasteiger partial charge < -0.3 is 24.4 Å². The van der Waals surface area contributed by atoms with Crippen molar-refractivity contribution in [3.05, 3.63) is 23.8 Å². The summed E-state index contributed by atoms with van der Waals surface area (Å²) >= 11 is 0. The molecule has 0 aliphatic carbocycles. The van der Waals surface area contributed by atoms with Gasteiger partial charge in [0.25, 0.3) is 0 Å². The monoisotopic (exact) mass is 338 g/mol. The van der Waals surface area contributed by atoms with Gasteiger partial charge in [-0.1, -0.05) is 6.07 Å². The standard InChI is InChI=1S/C17H26N2O5/c1-13(20)19(8-5-9-22-2)12-17(21)18-11-14-6-7-15(23-3)16(10-14)24-4/h6-7,10H,5,8-9,11-12H2,1-4H3,(H,18,21). The molecule has 1 rings (SSSR count). The number of nitrogens with one attached hydrogen (secondary N) is 1. The molecular formula is C17H26N2O5. The second-order valence-corrected chi connectivity index (χ2v) is 5.25. The number of nitrogens with zero attached hydrogens (tertiary/aromatic N) is 1. The fourth-order valence-electron chi connectivity index (χ4n) is 2.17. The summed E-state index contributed by atoms with van der Waals surface area (Å²) in [6.07, 6.45) is 0.693. The van der Waals surface area contributed by atoms with Gasteiger partial charge in [0.05, 0.1) is 20.8 Å². The average molecular weight is 338 g/mol. The topological polar surface area (TPSA) is 77.1 Å². The lowest BCUT2D eigenvalue weighted by molar-refractivity contribution is -0.134. The molecule has 0 saturated carbocycles. The maximum atomic E-state index is 12.0. The van der Waals surface area contributed by atoms with E-state index in [4.69, 9.17) is 14.2 Å². The minimum absolute atomic E-state index is 0.0341. The molecule has 0 atom stereocenters. The van der Waals surface area contributed by atoms with Crippen molar-refractivity contribution in [2.24, 2.45) is 0 Å². The van der Waals surface area contributed by atoms with E-state index in [0.29, 0.717) is 37.6 Å². The maximum absolute atomic E-state index is 12.0. The highest BCUT2D eigenvalue weighted by Crippen LogP contribution is 2.27. The van der Waals surface area contributed by atoms with Crippen molar-refractivity contribution in [3.63, 3.8) is 0 Å².